The summed E-state index contributed by atoms with van der Waals surface area (Å²) in [5.74, 6) is -0.178. The van der Waals surface area contributed by atoms with Gasteiger partial charge in [-0.1, -0.05) is 6.07 Å². The number of aliphatic hydroxyl groups excluding tert-OH is 1. The van der Waals surface area contributed by atoms with E-state index in [0.717, 1.165) is 44.6 Å². The third-order valence-corrected chi connectivity index (χ3v) is 3.82. The van der Waals surface area contributed by atoms with Crippen molar-refractivity contribution in [2.45, 2.75) is 25.8 Å². The van der Waals surface area contributed by atoms with Gasteiger partial charge in [0.15, 0.2) is 0 Å². The van der Waals surface area contributed by atoms with Crippen molar-refractivity contribution >= 4 is 0 Å². The van der Waals surface area contributed by atoms with Gasteiger partial charge in [0.1, 0.15) is 5.82 Å². The molecular formula is C15H23FN2O. The first kappa shape index (κ1) is 14.4. The molecule has 1 aromatic carbocycles. The molecule has 0 saturated carbocycles. The Bertz CT molecular complexity index is 405. The monoisotopic (exact) mass is 266 g/mol. The average molecular weight is 266 g/mol. The fraction of sp³-hybridized carbons (Fsp3) is 0.600. The molecule has 1 fully saturated rings. The fourth-order valence-electron chi connectivity index (χ4n) is 2.83. The predicted molar refractivity (Wildman–Crippen MR) is 74.6 cm³/mol. The molecule has 1 aliphatic rings. The van der Waals surface area contributed by atoms with Crippen LogP contribution in [0.2, 0.25) is 0 Å². The van der Waals surface area contributed by atoms with Crippen molar-refractivity contribution in [2.24, 2.45) is 0 Å². The second-order valence-electron chi connectivity index (χ2n) is 5.17. The van der Waals surface area contributed by atoms with E-state index in [4.69, 9.17) is 5.11 Å². The van der Waals surface area contributed by atoms with E-state index in [2.05, 4.69) is 10.2 Å². The Labute approximate surface area is 114 Å². The minimum atomic E-state index is -0.178. The number of hydrogen-bond acceptors (Lipinski definition) is 3. The quantitative estimate of drug-likeness (QED) is 0.854. The van der Waals surface area contributed by atoms with E-state index >= 15 is 0 Å². The molecule has 4 heteroatoms. The highest BCUT2D eigenvalue weighted by Gasteiger charge is 2.23. The Morgan fingerprint density at radius 3 is 2.74 bits per heavy atom. The second kappa shape index (κ2) is 6.98. The van der Waals surface area contributed by atoms with Gasteiger partial charge in [0.05, 0.1) is 0 Å². The first-order chi connectivity index (χ1) is 9.22. The summed E-state index contributed by atoms with van der Waals surface area (Å²) < 4.78 is 13.2. The molecule has 0 spiro atoms. The molecule has 1 aromatic rings. The maximum Gasteiger partial charge on any atom is 0.123 e. The van der Waals surface area contributed by atoms with Crippen molar-refractivity contribution in [3.05, 3.63) is 35.1 Å². The molecule has 2 N–H and O–H groups in total. The van der Waals surface area contributed by atoms with Gasteiger partial charge in [-0.05, 0) is 43.0 Å². The Balaban J connectivity index is 2.19. The first-order valence-corrected chi connectivity index (χ1v) is 7.04. The lowest BCUT2D eigenvalue weighted by Gasteiger charge is -2.36. The summed E-state index contributed by atoms with van der Waals surface area (Å²) in [5.41, 5.74) is 2.19. The van der Waals surface area contributed by atoms with Crippen LogP contribution >= 0.6 is 0 Å². The van der Waals surface area contributed by atoms with Crippen LogP contribution in [0.15, 0.2) is 18.2 Å². The molecule has 1 atom stereocenters. The number of nitrogens with one attached hydrogen (secondary N) is 1. The van der Waals surface area contributed by atoms with Crippen molar-refractivity contribution < 1.29 is 9.50 Å². The summed E-state index contributed by atoms with van der Waals surface area (Å²) in [7, 11) is 0. The summed E-state index contributed by atoms with van der Waals surface area (Å²) in [4.78, 5) is 2.44. The summed E-state index contributed by atoms with van der Waals surface area (Å²) in [6.45, 7) is 6.18. The molecule has 0 amide bonds. The average Bonchev–Trinajstić information content (AvgIpc) is 2.42. The smallest absolute Gasteiger partial charge is 0.123 e. The lowest BCUT2D eigenvalue weighted by molar-refractivity contribution is 0.154. The number of benzene rings is 1. The van der Waals surface area contributed by atoms with Gasteiger partial charge in [-0.25, -0.2) is 4.39 Å². The number of rotatable bonds is 5. The van der Waals surface area contributed by atoms with Gasteiger partial charge in [0.25, 0.3) is 0 Å². The van der Waals surface area contributed by atoms with E-state index in [1.54, 1.807) is 6.07 Å². The molecule has 106 valence electrons. The van der Waals surface area contributed by atoms with E-state index in [0.29, 0.717) is 0 Å². The summed E-state index contributed by atoms with van der Waals surface area (Å²) in [5, 5.41) is 12.4. The highest BCUT2D eigenvalue weighted by Crippen LogP contribution is 2.28. The van der Waals surface area contributed by atoms with Crippen LogP contribution in [0.4, 0.5) is 4.39 Å². The fourth-order valence-corrected chi connectivity index (χ4v) is 2.83. The topological polar surface area (TPSA) is 35.5 Å². The van der Waals surface area contributed by atoms with Crippen molar-refractivity contribution in [2.75, 3.05) is 32.8 Å². The van der Waals surface area contributed by atoms with Crippen molar-refractivity contribution in [3.63, 3.8) is 0 Å². The summed E-state index contributed by atoms with van der Waals surface area (Å²) in [6.07, 6.45) is 1.70. The number of halogens is 1. The van der Waals surface area contributed by atoms with Gasteiger partial charge in [0, 0.05) is 38.8 Å². The first-order valence-electron chi connectivity index (χ1n) is 7.04. The highest BCUT2D eigenvalue weighted by molar-refractivity contribution is 5.29. The molecule has 19 heavy (non-hydrogen) atoms. The van der Waals surface area contributed by atoms with Gasteiger partial charge in [-0.3, -0.25) is 4.90 Å². The van der Waals surface area contributed by atoms with Crippen LogP contribution in [0.5, 0.6) is 0 Å². The van der Waals surface area contributed by atoms with Crippen molar-refractivity contribution in [1.82, 2.24) is 10.2 Å². The van der Waals surface area contributed by atoms with Crippen LogP contribution < -0.4 is 5.32 Å². The maximum absolute atomic E-state index is 13.2. The normalized spacial score (nSPS) is 18.5. The molecule has 1 aliphatic heterocycles. The zero-order valence-electron chi connectivity index (χ0n) is 11.5. The standard InChI is InChI=1S/C15H23FN2O/c1-12-11-13(16)4-5-14(12)15(3-2-10-19)18-8-6-17-7-9-18/h4-5,11,15,17,19H,2-3,6-10H2,1H3/t15-/m0/s1. The van der Waals surface area contributed by atoms with Crippen molar-refractivity contribution in [1.29, 1.82) is 0 Å². The van der Waals surface area contributed by atoms with E-state index in [1.807, 2.05) is 13.0 Å². The highest BCUT2D eigenvalue weighted by atomic mass is 19.1. The van der Waals surface area contributed by atoms with E-state index in [9.17, 15) is 4.39 Å². The van der Waals surface area contributed by atoms with Crippen LogP contribution in [0.3, 0.4) is 0 Å². The van der Waals surface area contributed by atoms with Crippen LogP contribution in [0.1, 0.15) is 30.0 Å². The van der Waals surface area contributed by atoms with Crippen LogP contribution in [0, 0.1) is 12.7 Å². The van der Waals surface area contributed by atoms with E-state index < -0.39 is 0 Å². The molecule has 2 rings (SSSR count). The molecular weight excluding hydrogens is 243 g/mol. The molecule has 1 saturated heterocycles. The molecule has 0 bridgehead atoms. The van der Waals surface area contributed by atoms with E-state index in [1.165, 1.54) is 11.6 Å². The molecule has 0 aromatic heterocycles. The number of piperazine rings is 1. The Hall–Kier alpha value is -0.970. The largest absolute Gasteiger partial charge is 0.396 e. The van der Waals surface area contributed by atoms with Gasteiger partial charge in [-0.15, -0.1) is 0 Å². The zero-order chi connectivity index (χ0) is 13.7. The lowest BCUT2D eigenvalue weighted by atomic mass is 9.95. The molecule has 0 radical (unpaired) electrons. The van der Waals surface area contributed by atoms with Gasteiger partial charge in [-0.2, -0.15) is 0 Å². The van der Waals surface area contributed by atoms with Gasteiger partial charge in [0.2, 0.25) is 0 Å². The molecule has 0 unspecified atom stereocenters. The van der Waals surface area contributed by atoms with Crippen molar-refractivity contribution in [3.8, 4) is 0 Å². The molecule has 1 heterocycles. The SMILES string of the molecule is Cc1cc(F)ccc1[C@H](CCCO)N1CCNCC1. The van der Waals surface area contributed by atoms with Crippen LogP contribution in [0.25, 0.3) is 0 Å². The summed E-state index contributed by atoms with van der Waals surface area (Å²) in [6, 6.07) is 5.32. The van der Waals surface area contributed by atoms with Crippen LogP contribution in [-0.4, -0.2) is 42.8 Å². The minimum absolute atomic E-state index is 0.178. The summed E-state index contributed by atoms with van der Waals surface area (Å²) >= 11 is 0. The van der Waals surface area contributed by atoms with Gasteiger partial charge >= 0.3 is 0 Å². The molecule has 0 aliphatic carbocycles. The van der Waals surface area contributed by atoms with Crippen LogP contribution in [-0.2, 0) is 0 Å². The Kier molecular flexibility index (Phi) is 5.31. The number of aliphatic hydroxyl groups is 1. The third-order valence-electron chi connectivity index (χ3n) is 3.82. The predicted octanol–water partition coefficient (Wildman–Crippen LogP) is 1.85. The van der Waals surface area contributed by atoms with E-state index in [-0.39, 0.29) is 18.5 Å². The Morgan fingerprint density at radius 2 is 2.11 bits per heavy atom. The Morgan fingerprint density at radius 1 is 1.37 bits per heavy atom. The number of aryl methyl sites for hydroxylation is 1. The third kappa shape index (κ3) is 3.75. The number of nitrogens with zero attached hydrogens (tertiary/aromatic N) is 1. The lowest BCUT2D eigenvalue weighted by Crippen LogP contribution is -2.45. The maximum atomic E-state index is 13.2. The van der Waals surface area contributed by atoms with Gasteiger partial charge < -0.3 is 10.4 Å². The second-order valence-corrected chi connectivity index (χ2v) is 5.17. The zero-order valence-corrected chi connectivity index (χ0v) is 11.5. The number of hydrogen-bond donors (Lipinski definition) is 2. The molecule has 3 nitrogen and oxygen atoms in total. The minimum Gasteiger partial charge on any atom is -0.396 e.